The lowest BCUT2D eigenvalue weighted by Gasteiger charge is -2.30. The van der Waals surface area contributed by atoms with Crippen LogP contribution in [0.2, 0.25) is 0 Å². The van der Waals surface area contributed by atoms with Gasteiger partial charge in [-0.15, -0.1) is 0 Å². The van der Waals surface area contributed by atoms with Gasteiger partial charge in [-0.2, -0.15) is 0 Å². The molecule has 0 N–H and O–H groups in total. The summed E-state index contributed by atoms with van der Waals surface area (Å²) >= 11 is 1.76. The number of fused-ring (bicyclic) bond motifs is 4. The van der Waals surface area contributed by atoms with Crippen molar-refractivity contribution in [3.63, 3.8) is 0 Å². The highest BCUT2D eigenvalue weighted by Crippen LogP contribution is 2.35. The second-order valence-corrected chi connectivity index (χ2v) is 8.22. The van der Waals surface area contributed by atoms with Crippen molar-refractivity contribution in [3.8, 4) is 0 Å². The summed E-state index contributed by atoms with van der Waals surface area (Å²) in [5.41, 5.74) is 6.68. The Hall–Kier alpha value is -2.53. The molecule has 0 fully saturated rings. The lowest BCUT2D eigenvalue weighted by Crippen LogP contribution is -2.31. The van der Waals surface area contributed by atoms with Crippen molar-refractivity contribution in [1.82, 2.24) is 9.55 Å². The van der Waals surface area contributed by atoms with Crippen molar-refractivity contribution in [2.24, 2.45) is 7.05 Å². The summed E-state index contributed by atoms with van der Waals surface area (Å²) in [5, 5.41) is 2.48. The quantitative estimate of drug-likeness (QED) is 0.528. The number of anilines is 2. The van der Waals surface area contributed by atoms with Crippen molar-refractivity contribution in [2.75, 3.05) is 30.4 Å². The minimum atomic E-state index is 0.964. The summed E-state index contributed by atoms with van der Waals surface area (Å²) in [6, 6.07) is 15.4. The third-order valence-corrected chi connectivity index (χ3v) is 6.61. The molecule has 5 rings (SSSR count). The highest BCUT2D eigenvalue weighted by atomic mass is 32.1. The Morgan fingerprint density at radius 3 is 2.81 bits per heavy atom. The van der Waals surface area contributed by atoms with E-state index in [2.05, 4.69) is 63.9 Å². The molecule has 2 aromatic carbocycles. The predicted molar refractivity (Wildman–Crippen MR) is 112 cm³/mol. The maximum atomic E-state index is 4.70. The van der Waals surface area contributed by atoms with Crippen LogP contribution in [0.4, 0.5) is 10.8 Å². The van der Waals surface area contributed by atoms with Crippen molar-refractivity contribution < 1.29 is 0 Å². The highest BCUT2D eigenvalue weighted by molar-refractivity contribution is 7.22. The summed E-state index contributed by atoms with van der Waals surface area (Å²) in [6.07, 6.45) is 1.10. The number of hydrogen-bond donors (Lipinski definition) is 0. The van der Waals surface area contributed by atoms with Crippen molar-refractivity contribution >= 4 is 43.3 Å². The molecule has 132 valence electrons. The van der Waals surface area contributed by atoms with Gasteiger partial charge in [0.1, 0.15) is 0 Å². The number of aromatic nitrogens is 2. The Morgan fingerprint density at radius 2 is 1.96 bits per heavy atom. The first-order chi connectivity index (χ1) is 12.6. The fraction of sp³-hybridized carbons (Fsp3) is 0.286. The molecule has 0 aliphatic carbocycles. The second-order valence-electron chi connectivity index (χ2n) is 7.22. The van der Waals surface area contributed by atoms with Crippen LogP contribution in [0.1, 0.15) is 11.3 Å². The molecular weight excluding hydrogens is 340 g/mol. The van der Waals surface area contributed by atoms with Gasteiger partial charge in [0.2, 0.25) is 0 Å². The minimum Gasteiger partial charge on any atom is -0.365 e. The van der Waals surface area contributed by atoms with E-state index in [0.29, 0.717) is 0 Å². The number of nitrogens with zero attached hydrogens (tertiary/aromatic N) is 4. The summed E-state index contributed by atoms with van der Waals surface area (Å²) < 4.78 is 3.63. The number of rotatable bonds is 2. The van der Waals surface area contributed by atoms with E-state index in [-0.39, 0.29) is 0 Å². The minimum absolute atomic E-state index is 0.964. The van der Waals surface area contributed by atoms with Crippen LogP contribution < -0.4 is 9.80 Å². The molecule has 0 atom stereocenters. The van der Waals surface area contributed by atoms with Crippen molar-refractivity contribution in [1.29, 1.82) is 0 Å². The molecule has 0 radical (unpaired) electrons. The average Bonchev–Trinajstić information content (AvgIpc) is 3.21. The molecule has 0 saturated heterocycles. The topological polar surface area (TPSA) is 24.3 Å². The standard InChI is InChI=1S/C21H22N4S/c1-23(2)21-22-17-9-8-14(12-20(17)26-21)25-11-10-16-15-6-4-5-7-18(15)24(3)19(16)13-25/h4-9,12H,10-11,13H2,1-3H3. The zero-order chi connectivity index (χ0) is 17.8. The van der Waals surface area contributed by atoms with Crippen LogP contribution >= 0.6 is 11.3 Å². The van der Waals surface area contributed by atoms with E-state index in [1.165, 1.54) is 32.5 Å². The Labute approximate surface area is 157 Å². The average molecular weight is 363 g/mol. The zero-order valence-corrected chi connectivity index (χ0v) is 16.2. The molecule has 0 saturated carbocycles. The van der Waals surface area contributed by atoms with Crippen LogP contribution in [0.25, 0.3) is 21.1 Å². The number of para-hydroxylation sites is 1. The van der Waals surface area contributed by atoms with Crippen LogP contribution in [0, 0.1) is 0 Å². The van der Waals surface area contributed by atoms with Crippen molar-refractivity contribution in [3.05, 3.63) is 53.7 Å². The summed E-state index contributed by atoms with van der Waals surface area (Å²) in [7, 11) is 6.29. The molecule has 3 heterocycles. The Morgan fingerprint density at radius 1 is 1.12 bits per heavy atom. The lowest BCUT2D eigenvalue weighted by atomic mass is 10.0. The maximum absolute atomic E-state index is 4.70. The monoisotopic (exact) mass is 362 g/mol. The number of hydrogen-bond acceptors (Lipinski definition) is 4. The van der Waals surface area contributed by atoms with E-state index in [1.54, 1.807) is 11.3 Å². The van der Waals surface area contributed by atoms with Crippen LogP contribution in [-0.2, 0) is 20.0 Å². The van der Waals surface area contributed by atoms with Gasteiger partial charge in [0.15, 0.2) is 5.13 Å². The van der Waals surface area contributed by atoms with Crippen LogP contribution in [0.3, 0.4) is 0 Å². The molecule has 4 aromatic rings. The van der Waals surface area contributed by atoms with Gasteiger partial charge in [0.05, 0.1) is 16.8 Å². The molecule has 0 spiro atoms. The molecular formula is C21H22N4S. The van der Waals surface area contributed by atoms with E-state index in [0.717, 1.165) is 30.2 Å². The molecule has 26 heavy (non-hydrogen) atoms. The first-order valence-corrected chi connectivity index (χ1v) is 9.81. The normalized spacial score (nSPS) is 14.2. The van der Waals surface area contributed by atoms with Gasteiger partial charge in [-0.1, -0.05) is 29.5 Å². The number of benzene rings is 2. The Balaban J connectivity index is 1.53. The Bertz CT molecular complexity index is 1120. The van der Waals surface area contributed by atoms with Gasteiger partial charge in [-0.25, -0.2) is 4.98 Å². The SMILES string of the molecule is CN(C)c1nc2ccc(N3CCc4c(n(C)c5ccccc45)C3)cc2s1. The van der Waals surface area contributed by atoms with Gasteiger partial charge in [-0.3, -0.25) is 0 Å². The largest absolute Gasteiger partial charge is 0.365 e. The second kappa shape index (κ2) is 5.74. The van der Waals surface area contributed by atoms with Crippen LogP contribution in [0.15, 0.2) is 42.5 Å². The third-order valence-electron chi connectivity index (χ3n) is 5.42. The van der Waals surface area contributed by atoms with Gasteiger partial charge < -0.3 is 14.4 Å². The van der Waals surface area contributed by atoms with Gasteiger partial charge in [0, 0.05) is 50.0 Å². The molecule has 0 unspecified atom stereocenters. The first-order valence-electron chi connectivity index (χ1n) is 9.00. The zero-order valence-electron chi connectivity index (χ0n) is 15.4. The van der Waals surface area contributed by atoms with E-state index >= 15 is 0 Å². The number of aryl methyl sites for hydroxylation is 1. The first kappa shape index (κ1) is 15.7. The van der Waals surface area contributed by atoms with E-state index in [9.17, 15) is 0 Å². The molecule has 2 aromatic heterocycles. The predicted octanol–water partition coefficient (Wildman–Crippen LogP) is 4.42. The van der Waals surface area contributed by atoms with Gasteiger partial charge >= 0.3 is 0 Å². The summed E-state index contributed by atoms with van der Waals surface area (Å²) in [6.45, 7) is 2.03. The fourth-order valence-electron chi connectivity index (χ4n) is 4.02. The van der Waals surface area contributed by atoms with E-state index < -0.39 is 0 Å². The molecule has 0 bridgehead atoms. The third kappa shape index (κ3) is 2.31. The molecule has 1 aliphatic heterocycles. The van der Waals surface area contributed by atoms with Crippen molar-refractivity contribution in [2.45, 2.75) is 13.0 Å². The van der Waals surface area contributed by atoms with E-state index in [1.807, 2.05) is 14.1 Å². The van der Waals surface area contributed by atoms with Gasteiger partial charge in [0.25, 0.3) is 0 Å². The van der Waals surface area contributed by atoms with Crippen LogP contribution in [-0.4, -0.2) is 30.2 Å². The summed E-state index contributed by atoms with van der Waals surface area (Å²) in [5.74, 6) is 0. The fourth-order valence-corrected chi connectivity index (χ4v) is 4.94. The van der Waals surface area contributed by atoms with Gasteiger partial charge in [-0.05, 0) is 36.2 Å². The molecule has 1 aliphatic rings. The summed E-state index contributed by atoms with van der Waals surface area (Å²) in [4.78, 5) is 9.27. The lowest BCUT2D eigenvalue weighted by molar-refractivity contribution is 0.690. The Kier molecular flexibility index (Phi) is 3.47. The molecule has 4 nitrogen and oxygen atoms in total. The molecule has 0 amide bonds. The van der Waals surface area contributed by atoms with Crippen LogP contribution in [0.5, 0.6) is 0 Å². The molecule has 5 heteroatoms. The maximum Gasteiger partial charge on any atom is 0.185 e. The highest BCUT2D eigenvalue weighted by Gasteiger charge is 2.23. The van der Waals surface area contributed by atoms with E-state index in [4.69, 9.17) is 4.98 Å². The number of thiazole rings is 1. The smallest absolute Gasteiger partial charge is 0.185 e.